The van der Waals surface area contributed by atoms with Crippen LogP contribution in [0.25, 0.3) is 0 Å². The average molecular weight is 266 g/mol. The minimum absolute atomic E-state index is 0.343. The van der Waals surface area contributed by atoms with Crippen LogP contribution in [0.4, 0.5) is 4.39 Å². The molecule has 19 heavy (non-hydrogen) atoms. The van der Waals surface area contributed by atoms with Crippen LogP contribution < -0.4 is 5.32 Å². The number of hydrogen-bond acceptors (Lipinski definition) is 3. The van der Waals surface area contributed by atoms with Gasteiger partial charge in [-0.15, -0.1) is 0 Å². The number of rotatable bonds is 8. The molecule has 1 atom stereocenters. The van der Waals surface area contributed by atoms with Crippen molar-refractivity contribution in [1.82, 2.24) is 10.2 Å². The second-order valence-corrected chi connectivity index (χ2v) is 5.10. The van der Waals surface area contributed by atoms with E-state index in [0.29, 0.717) is 12.1 Å². The van der Waals surface area contributed by atoms with Crippen molar-refractivity contribution in [3.63, 3.8) is 0 Å². The minimum Gasteiger partial charge on any atom is -0.387 e. The first kappa shape index (κ1) is 14.4. The molecule has 0 radical (unpaired) electrons. The number of nitrogens with one attached hydrogen (secondary N) is 1. The molecule has 1 aromatic rings. The van der Waals surface area contributed by atoms with E-state index >= 15 is 0 Å². The zero-order valence-corrected chi connectivity index (χ0v) is 11.5. The van der Waals surface area contributed by atoms with Gasteiger partial charge in [0, 0.05) is 31.2 Å². The van der Waals surface area contributed by atoms with Gasteiger partial charge in [-0.05, 0) is 25.5 Å². The highest BCUT2D eigenvalue weighted by Gasteiger charge is 2.27. The zero-order valence-electron chi connectivity index (χ0n) is 11.5. The van der Waals surface area contributed by atoms with Gasteiger partial charge in [0.15, 0.2) is 0 Å². The van der Waals surface area contributed by atoms with Gasteiger partial charge >= 0.3 is 0 Å². The Hall–Kier alpha value is -0.970. The Balaban J connectivity index is 1.69. The lowest BCUT2D eigenvalue weighted by Gasteiger charge is -2.20. The highest BCUT2D eigenvalue weighted by atomic mass is 19.1. The van der Waals surface area contributed by atoms with Crippen LogP contribution in [0.15, 0.2) is 24.3 Å². The monoisotopic (exact) mass is 266 g/mol. The van der Waals surface area contributed by atoms with Crippen LogP contribution in [-0.4, -0.2) is 42.2 Å². The van der Waals surface area contributed by atoms with Crippen LogP contribution in [0.2, 0.25) is 0 Å². The summed E-state index contributed by atoms with van der Waals surface area (Å²) in [5.74, 6) is -0.343. The Morgan fingerprint density at radius 1 is 1.42 bits per heavy atom. The van der Waals surface area contributed by atoms with E-state index in [9.17, 15) is 9.50 Å². The Bertz CT molecular complexity index is 395. The second kappa shape index (κ2) is 6.98. The Morgan fingerprint density at radius 3 is 2.79 bits per heavy atom. The van der Waals surface area contributed by atoms with Gasteiger partial charge in [0.1, 0.15) is 5.82 Å². The number of likely N-dealkylation sites (N-methyl/N-ethyl adjacent to an activating group) is 1. The highest BCUT2D eigenvalue weighted by Crippen LogP contribution is 2.25. The van der Waals surface area contributed by atoms with Crippen molar-refractivity contribution < 1.29 is 9.50 Å². The van der Waals surface area contributed by atoms with Gasteiger partial charge in [-0.25, -0.2) is 4.39 Å². The van der Waals surface area contributed by atoms with Gasteiger partial charge in [-0.1, -0.05) is 25.1 Å². The quantitative estimate of drug-likeness (QED) is 0.706. The molecule has 1 aromatic carbocycles. The number of hydrogen-bond donors (Lipinski definition) is 2. The number of aliphatic hydroxyl groups is 1. The molecule has 1 saturated carbocycles. The molecule has 0 spiro atoms. The molecule has 0 aromatic heterocycles. The number of benzene rings is 1. The summed E-state index contributed by atoms with van der Waals surface area (Å²) in [4.78, 5) is 2.45. The SMILES string of the molecule is CCN(CCNCC(O)c1ccccc1F)C1CC1. The van der Waals surface area contributed by atoms with Gasteiger partial charge in [0.05, 0.1) is 6.10 Å². The fourth-order valence-corrected chi connectivity index (χ4v) is 2.36. The van der Waals surface area contributed by atoms with Crippen LogP contribution in [0.3, 0.4) is 0 Å². The summed E-state index contributed by atoms with van der Waals surface area (Å²) < 4.78 is 13.5. The molecule has 0 bridgehead atoms. The summed E-state index contributed by atoms with van der Waals surface area (Å²) in [7, 11) is 0. The normalized spacial score (nSPS) is 16.8. The van der Waals surface area contributed by atoms with Crippen molar-refractivity contribution >= 4 is 0 Å². The molecule has 0 amide bonds. The molecular weight excluding hydrogens is 243 g/mol. The van der Waals surface area contributed by atoms with Gasteiger partial charge in [-0.2, -0.15) is 0 Å². The molecule has 0 aliphatic heterocycles. The van der Waals surface area contributed by atoms with E-state index in [-0.39, 0.29) is 5.82 Å². The minimum atomic E-state index is -0.780. The number of halogens is 1. The van der Waals surface area contributed by atoms with Crippen molar-refractivity contribution in [1.29, 1.82) is 0 Å². The van der Waals surface area contributed by atoms with E-state index in [1.807, 2.05) is 0 Å². The summed E-state index contributed by atoms with van der Waals surface area (Å²) in [6, 6.07) is 7.15. The maximum absolute atomic E-state index is 13.5. The van der Waals surface area contributed by atoms with Gasteiger partial charge in [0.25, 0.3) is 0 Å². The van der Waals surface area contributed by atoms with Crippen molar-refractivity contribution in [3.05, 3.63) is 35.6 Å². The Morgan fingerprint density at radius 2 is 2.16 bits per heavy atom. The smallest absolute Gasteiger partial charge is 0.129 e. The third-order valence-electron chi connectivity index (χ3n) is 3.65. The van der Waals surface area contributed by atoms with Gasteiger partial charge < -0.3 is 10.4 Å². The van der Waals surface area contributed by atoms with Crippen molar-refractivity contribution in [2.24, 2.45) is 0 Å². The van der Waals surface area contributed by atoms with E-state index in [1.165, 1.54) is 18.9 Å². The molecule has 1 aliphatic carbocycles. The topological polar surface area (TPSA) is 35.5 Å². The van der Waals surface area contributed by atoms with Crippen LogP contribution in [0.5, 0.6) is 0 Å². The maximum Gasteiger partial charge on any atom is 0.129 e. The molecule has 0 saturated heterocycles. The second-order valence-electron chi connectivity index (χ2n) is 5.10. The molecule has 4 heteroatoms. The third kappa shape index (κ3) is 4.27. The zero-order chi connectivity index (χ0) is 13.7. The molecule has 1 unspecified atom stereocenters. The molecule has 2 rings (SSSR count). The van der Waals surface area contributed by atoms with Crippen molar-refractivity contribution in [2.45, 2.75) is 31.9 Å². The standard InChI is InChI=1S/C15H23FN2O/c1-2-18(12-7-8-12)10-9-17-11-15(19)13-5-3-4-6-14(13)16/h3-6,12,15,17,19H,2,7-11H2,1H3. The lowest BCUT2D eigenvalue weighted by molar-refractivity contribution is 0.167. The molecule has 3 nitrogen and oxygen atoms in total. The molecule has 106 valence electrons. The van der Waals surface area contributed by atoms with Crippen LogP contribution in [0, 0.1) is 5.82 Å². The van der Waals surface area contributed by atoms with Crippen molar-refractivity contribution in [3.8, 4) is 0 Å². The summed E-state index contributed by atoms with van der Waals surface area (Å²) >= 11 is 0. The molecule has 1 fully saturated rings. The van der Waals surface area contributed by atoms with Gasteiger partial charge in [0.2, 0.25) is 0 Å². The van der Waals surface area contributed by atoms with Gasteiger partial charge in [-0.3, -0.25) is 4.90 Å². The van der Waals surface area contributed by atoms with E-state index in [0.717, 1.165) is 25.7 Å². The van der Waals surface area contributed by atoms with E-state index in [4.69, 9.17) is 0 Å². The summed E-state index contributed by atoms with van der Waals surface area (Å²) in [5.41, 5.74) is 0.365. The largest absolute Gasteiger partial charge is 0.387 e. The van der Waals surface area contributed by atoms with Crippen LogP contribution in [0.1, 0.15) is 31.4 Å². The molecule has 1 aliphatic rings. The first-order valence-electron chi connectivity index (χ1n) is 7.09. The van der Waals surface area contributed by atoms with Crippen LogP contribution >= 0.6 is 0 Å². The predicted molar refractivity (Wildman–Crippen MR) is 74.5 cm³/mol. The molecular formula is C15H23FN2O. The van der Waals surface area contributed by atoms with Crippen molar-refractivity contribution in [2.75, 3.05) is 26.2 Å². The molecule has 2 N–H and O–H groups in total. The third-order valence-corrected chi connectivity index (χ3v) is 3.65. The summed E-state index contributed by atoms with van der Waals surface area (Å²) in [6.07, 6.45) is 1.84. The van der Waals surface area contributed by atoms with E-state index in [1.54, 1.807) is 18.2 Å². The number of nitrogens with zero attached hydrogens (tertiary/aromatic N) is 1. The summed E-state index contributed by atoms with van der Waals surface area (Å²) in [6.45, 7) is 5.46. The summed E-state index contributed by atoms with van der Waals surface area (Å²) in [5, 5.41) is 13.1. The van der Waals surface area contributed by atoms with Crippen LogP contribution in [-0.2, 0) is 0 Å². The Labute approximate surface area is 114 Å². The lowest BCUT2D eigenvalue weighted by Crippen LogP contribution is -2.35. The average Bonchev–Trinajstić information content (AvgIpc) is 3.23. The fourth-order valence-electron chi connectivity index (χ4n) is 2.36. The molecule has 0 heterocycles. The van der Waals surface area contributed by atoms with E-state index in [2.05, 4.69) is 17.1 Å². The Kier molecular flexibility index (Phi) is 5.31. The maximum atomic E-state index is 13.5. The fraction of sp³-hybridized carbons (Fsp3) is 0.600. The first-order chi connectivity index (χ1) is 9.22. The predicted octanol–water partition coefficient (Wildman–Crippen LogP) is 1.93. The lowest BCUT2D eigenvalue weighted by atomic mass is 10.1. The first-order valence-corrected chi connectivity index (χ1v) is 7.09. The highest BCUT2D eigenvalue weighted by molar-refractivity contribution is 5.19. The van der Waals surface area contributed by atoms with E-state index < -0.39 is 6.10 Å². The number of aliphatic hydroxyl groups excluding tert-OH is 1.